The van der Waals surface area contributed by atoms with Gasteiger partial charge in [-0.2, -0.15) is 0 Å². The summed E-state index contributed by atoms with van der Waals surface area (Å²) in [6.45, 7) is 0. The van der Waals surface area contributed by atoms with Crippen molar-refractivity contribution in [1.82, 2.24) is 59.8 Å². The molecular formula is C135H84N12O3. The molecule has 0 fully saturated rings. The van der Waals surface area contributed by atoms with Gasteiger partial charge in [-0.25, -0.2) is 44.9 Å². The van der Waals surface area contributed by atoms with E-state index in [1.165, 1.54) is 66.8 Å². The number of ether oxygens (including phenoxy) is 3. The second-order valence-corrected chi connectivity index (χ2v) is 37.9. The van der Waals surface area contributed by atoms with E-state index in [0.717, 1.165) is 152 Å². The van der Waals surface area contributed by atoms with E-state index >= 15 is 0 Å². The summed E-state index contributed by atoms with van der Waals surface area (Å²) in [6, 6.07) is 168. The van der Waals surface area contributed by atoms with Gasteiger partial charge in [0.1, 0.15) is 34.5 Å². The van der Waals surface area contributed by atoms with Gasteiger partial charge in [0.05, 0.1) is 27.6 Å². The Morgan fingerprint density at radius 3 is 0.693 bits per heavy atom. The van der Waals surface area contributed by atoms with E-state index in [1.807, 2.05) is 207 Å². The number of nitrogens with zero attached hydrogens (tertiary/aromatic N) is 12. The molecule has 24 aromatic rings. The Morgan fingerprint density at radius 1 is 0.140 bits per heavy atom. The van der Waals surface area contributed by atoms with Crippen molar-refractivity contribution in [2.75, 3.05) is 0 Å². The van der Waals surface area contributed by atoms with Crippen molar-refractivity contribution in [3.8, 4) is 204 Å². The first-order valence-electron chi connectivity index (χ1n) is 50.2. The van der Waals surface area contributed by atoms with Crippen LogP contribution in [0.5, 0.6) is 34.5 Å². The summed E-state index contributed by atoms with van der Waals surface area (Å²) in [5.41, 5.74) is 33.7. The van der Waals surface area contributed by atoms with Crippen molar-refractivity contribution in [2.45, 2.75) is 16.2 Å². The highest BCUT2D eigenvalue weighted by molar-refractivity contribution is 5.95. The number of aromatic nitrogens is 12. The molecule has 18 aromatic carbocycles. The number of hydrogen-bond donors (Lipinski definition) is 0. The Bertz CT molecular complexity index is 8950. The lowest BCUT2D eigenvalue weighted by Gasteiger charge is -2.39. The molecule has 3 aliphatic carbocycles. The van der Waals surface area contributed by atoms with Crippen LogP contribution in [-0.2, 0) is 16.2 Å². The molecule has 30 rings (SSSR count). The van der Waals surface area contributed by atoms with E-state index in [0.29, 0.717) is 52.4 Å². The van der Waals surface area contributed by atoms with Crippen LogP contribution < -0.4 is 14.2 Å². The van der Waals surface area contributed by atoms with Gasteiger partial charge in [0, 0.05) is 125 Å². The highest BCUT2D eigenvalue weighted by atomic mass is 16.5. The molecule has 0 atom stereocenters. The molecule has 3 aliphatic heterocycles. The van der Waals surface area contributed by atoms with Crippen LogP contribution >= 0.6 is 0 Å². The first-order chi connectivity index (χ1) is 74.3. The zero-order chi connectivity index (χ0) is 99.2. The van der Waals surface area contributed by atoms with E-state index in [9.17, 15) is 0 Å². The Kier molecular flexibility index (Phi) is 21.2. The molecule has 6 aromatic heterocycles. The number of benzene rings is 18. The smallest absolute Gasteiger partial charge is 0.164 e. The summed E-state index contributed by atoms with van der Waals surface area (Å²) in [5.74, 6) is 10.7. The van der Waals surface area contributed by atoms with E-state index in [2.05, 4.69) is 312 Å². The molecular weight excluding hydrogens is 1840 g/mol. The molecule has 15 nitrogen and oxygen atoms in total. The quantitative estimate of drug-likeness (QED) is 0.113. The van der Waals surface area contributed by atoms with E-state index in [4.69, 9.17) is 59.1 Å². The molecule has 0 saturated heterocycles. The second-order valence-electron chi connectivity index (χ2n) is 37.9. The fourth-order valence-electron chi connectivity index (χ4n) is 23.1. The number of hydrogen-bond acceptors (Lipinski definition) is 15. The number of para-hydroxylation sites is 6. The largest absolute Gasteiger partial charge is 0.457 e. The van der Waals surface area contributed by atoms with E-state index < -0.39 is 16.2 Å². The van der Waals surface area contributed by atoms with Crippen molar-refractivity contribution in [3.05, 3.63) is 577 Å². The van der Waals surface area contributed by atoms with Crippen molar-refractivity contribution in [3.63, 3.8) is 0 Å². The second kappa shape index (κ2) is 36.3. The SMILES string of the molecule is c1ccc(-c2nc(-c3ccc(-c4ccccn4)cc3)nc(-c3ccc4c(c3)C3(c5ccccc5Oc5ccccc53)c3ccccc3-4)n2)cc1.c1ccc(-c2nc(-c3cccc(-c4ccccn4)c3)nc(-c3ccc4c(c3)C3(c5ccccc5Oc5ccccc53)c3ccccc3-4)n2)cc1.c1ccc(-c2nc(-c3cccc(-c4cccnc4)c3)nc(-c3ccc4c(c3)C3(c5ccccc5Oc5ccccc53)c3ccccc3-4)n2)cc1. The van der Waals surface area contributed by atoms with Crippen molar-refractivity contribution < 1.29 is 14.2 Å². The molecule has 702 valence electrons. The van der Waals surface area contributed by atoms with Crippen LogP contribution in [0.1, 0.15) is 66.8 Å². The zero-order valence-corrected chi connectivity index (χ0v) is 80.6. The van der Waals surface area contributed by atoms with Gasteiger partial charge in [-0.15, -0.1) is 0 Å². The minimum atomic E-state index is -0.581. The molecule has 9 heterocycles. The first-order valence-corrected chi connectivity index (χ1v) is 50.2. The van der Waals surface area contributed by atoms with Gasteiger partial charge in [-0.05, 0) is 169 Å². The molecule has 0 saturated carbocycles. The Morgan fingerprint density at radius 2 is 0.373 bits per heavy atom. The summed E-state index contributed by atoms with van der Waals surface area (Å²) in [4.78, 5) is 59.3. The molecule has 15 heteroatoms. The maximum Gasteiger partial charge on any atom is 0.164 e. The lowest BCUT2D eigenvalue weighted by Crippen LogP contribution is -2.32. The first kappa shape index (κ1) is 87.6. The van der Waals surface area contributed by atoms with Crippen LogP contribution in [-0.4, -0.2) is 59.8 Å². The van der Waals surface area contributed by atoms with Gasteiger partial charge in [0.2, 0.25) is 0 Å². The minimum Gasteiger partial charge on any atom is -0.457 e. The van der Waals surface area contributed by atoms with Crippen LogP contribution in [0.2, 0.25) is 0 Å². The van der Waals surface area contributed by atoms with E-state index in [-0.39, 0.29) is 0 Å². The molecule has 0 radical (unpaired) electrons. The standard InChI is InChI=1S/3C45H28N4O/c1-2-12-29(13-3-1)42-47-43(31-15-10-14-30(26-31)33-16-11-25-46-28-33)49-44(48-42)32-23-24-35-34-17-4-5-18-36(34)45(39(35)27-32)37-19-6-8-21-40(37)50-41-22-9-7-20-38(41)45;1-2-13-29(14-3-1)42-47-43(31-16-12-15-30(27-31)39-21-10-11-26-46-39)49-44(48-42)32-24-25-34-33-17-4-5-18-35(33)45(38(34)28-32)36-19-6-8-22-40(36)50-41-23-9-7-20-37(41)45;1-2-12-30(13-3-1)42-47-43(31-23-21-29(22-24-31)39-18-10-11-27-46-39)49-44(48-42)32-25-26-34-33-14-4-5-15-35(33)45(38(34)28-32)36-16-6-8-19-40(36)50-41-20-9-7-17-37(41)45/h3*1-28H. The van der Waals surface area contributed by atoms with Gasteiger partial charge < -0.3 is 14.2 Å². The fourth-order valence-corrected chi connectivity index (χ4v) is 23.1. The molecule has 0 unspecified atom stereocenters. The molecule has 6 aliphatic rings. The predicted molar refractivity (Wildman–Crippen MR) is 590 cm³/mol. The molecule has 3 spiro atoms. The zero-order valence-electron chi connectivity index (χ0n) is 80.6. The average Bonchev–Trinajstić information content (AvgIpc) is 1.52. The van der Waals surface area contributed by atoms with Gasteiger partial charge in [0.25, 0.3) is 0 Å². The van der Waals surface area contributed by atoms with Crippen molar-refractivity contribution in [2.24, 2.45) is 0 Å². The summed E-state index contributed by atoms with van der Waals surface area (Å²) < 4.78 is 19.6. The summed E-state index contributed by atoms with van der Waals surface area (Å²) in [6.07, 6.45) is 7.28. The third kappa shape index (κ3) is 14.6. The average molecular weight is 1920 g/mol. The van der Waals surface area contributed by atoms with Crippen molar-refractivity contribution >= 4 is 0 Å². The normalized spacial score (nSPS) is 13.1. The maximum atomic E-state index is 6.54. The highest BCUT2D eigenvalue weighted by Crippen LogP contribution is 2.67. The Labute approximate surface area is 865 Å². The van der Waals surface area contributed by atoms with Gasteiger partial charge >= 0.3 is 0 Å². The Hall–Kier alpha value is -20.2. The monoisotopic (exact) mass is 1920 g/mol. The van der Waals surface area contributed by atoms with Gasteiger partial charge in [-0.3, -0.25) is 15.0 Å². The van der Waals surface area contributed by atoms with Crippen LogP contribution in [0.15, 0.2) is 510 Å². The number of fused-ring (bicyclic) bond motifs is 27. The summed E-state index contributed by atoms with van der Waals surface area (Å²) in [5, 5.41) is 0. The van der Waals surface area contributed by atoms with Crippen LogP contribution in [0, 0.1) is 0 Å². The molecule has 0 N–H and O–H groups in total. The number of pyridine rings is 3. The van der Waals surface area contributed by atoms with Crippen LogP contribution in [0.3, 0.4) is 0 Å². The third-order valence-corrected chi connectivity index (χ3v) is 29.6. The molecule has 0 bridgehead atoms. The Balaban J connectivity index is 0.000000108. The lowest BCUT2D eigenvalue weighted by atomic mass is 9.66. The number of rotatable bonds is 12. The maximum absolute atomic E-state index is 6.54. The summed E-state index contributed by atoms with van der Waals surface area (Å²) >= 11 is 0. The highest BCUT2D eigenvalue weighted by Gasteiger charge is 2.55. The molecule has 150 heavy (non-hydrogen) atoms. The fraction of sp³-hybridized carbons (Fsp3) is 0.0222. The topological polar surface area (TPSA) is 182 Å². The third-order valence-electron chi connectivity index (χ3n) is 29.6. The van der Waals surface area contributed by atoms with Crippen LogP contribution in [0.25, 0.3) is 170 Å². The summed E-state index contributed by atoms with van der Waals surface area (Å²) in [7, 11) is 0. The van der Waals surface area contributed by atoms with Gasteiger partial charge in [0.15, 0.2) is 52.4 Å². The van der Waals surface area contributed by atoms with E-state index in [1.54, 1.807) is 6.20 Å². The van der Waals surface area contributed by atoms with Gasteiger partial charge in [-0.1, -0.05) is 388 Å². The van der Waals surface area contributed by atoms with Crippen LogP contribution in [0.4, 0.5) is 0 Å². The lowest BCUT2D eigenvalue weighted by molar-refractivity contribution is 0.436. The van der Waals surface area contributed by atoms with Crippen molar-refractivity contribution in [1.29, 1.82) is 0 Å². The minimum absolute atomic E-state index is 0.577. The molecule has 0 amide bonds. The predicted octanol–water partition coefficient (Wildman–Crippen LogP) is 31.2.